The fourth-order valence-electron chi connectivity index (χ4n) is 2.17. The van der Waals surface area contributed by atoms with E-state index >= 15 is 0 Å². The van der Waals surface area contributed by atoms with Crippen LogP contribution in [0.25, 0.3) is 0 Å². The van der Waals surface area contributed by atoms with Crippen LogP contribution in [0.2, 0.25) is 0 Å². The van der Waals surface area contributed by atoms with Crippen molar-refractivity contribution < 1.29 is 9.90 Å². The number of nitrogens with zero attached hydrogens (tertiary/aromatic N) is 1. The lowest BCUT2D eigenvalue weighted by Crippen LogP contribution is -2.50. The van der Waals surface area contributed by atoms with Gasteiger partial charge in [-0.1, -0.05) is 19.1 Å². The third-order valence-corrected chi connectivity index (χ3v) is 4.01. The van der Waals surface area contributed by atoms with Gasteiger partial charge in [-0.05, 0) is 43.9 Å². The molecule has 1 aromatic rings. The van der Waals surface area contributed by atoms with Crippen LogP contribution in [0.15, 0.2) is 24.3 Å². The predicted molar refractivity (Wildman–Crippen MR) is 91.4 cm³/mol. The predicted octanol–water partition coefficient (Wildman–Crippen LogP) is 2.15. The van der Waals surface area contributed by atoms with Crippen molar-refractivity contribution in [2.45, 2.75) is 38.6 Å². The van der Waals surface area contributed by atoms with Crippen molar-refractivity contribution in [2.75, 3.05) is 32.1 Å². The molecule has 1 rings (SSSR count). The number of aliphatic hydroxyl groups is 1. The molecule has 0 aliphatic carbocycles. The van der Waals surface area contributed by atoms with Gasteiger partial charge in [-0.2, -0.15) is 0 Å². The zero-order chi connectivity index (χ0) is 16.6. The molecule has 5 heteroatoms. The minimum atomic E-state index is -0.355. The molecule has 0 radical (unpaired) electrons. The Hall–Kier alpha value is -1.75. The number of urea groups is 1. The zero-order valence-electron chi connectivity index (χ0n) is 14.1. The Morgan fingerprint density at radius 2 is 1.91 bits per heavy atom. The van der Waals surface area contributed by atoms with Crippen LogP contribution >= 0.6 is 0 Å². The fourth-order valence-corrected chi connectivity index (χ4v) is 2.17. The molecule has 0 aliphatic rings. The van der Waals surface area contributed by atoms with Crippen molar-refractivity contribution in [2.24, 2.45) is 0 Å². The van der Waals surface area contributed by atoms with E-state index in [-0.39, 0.29) is 18.2 Å². The lowest BCUT2D eigenvalue weighted by molar-refractivity contribution is 0.201. The summed E-state index contributed by atoms with van der Waals surface area (Å²) in [5, 5.41) is 14.9. The number of carbonyl (C=O) groups excluding carboxylic acids is 1. The van der Waals surface area contributed by atoms with Gasteiger partial charge in [0.2, 0.25) is 0 Å². The molecule has 0 fully saturated rings. The van der Waals surface area contributed by atoms with Crippen molar-refractivity contribution in [3.05, 3.63) is 29.8 Å². The van der Waals surface area contributed by atoms with Crippen LogP contribution < -0.4 is 15.5 Å². The van der Waals surface area contributed by atoms with Gasteiger partial charge in [0.1, 0.15) is 0 Å². The summed E-state index contributed by atoms with van der Waals surface area (Å²) in [7, 11) is 4.02. The highest BCUT2D eigenvalue weighted by Gasteiger charge is 2.23. The highest BCUT2D eigenvalue weighted by molar-refractivity contribution is 5.74. The number of nitrogens with one attached hydrogen (secondary N) is 2. The first kappa shape index (κ1) is 18.3. The van der Waals surface area contributed by atoms with Crippen LogP contribution in [0.5, 0.6) is 0 Å². The van der Waals surface area contributed by atoms with E-state index in [2.05, 4.69) is 39.8 Å². The van der Waals surface area contributed by atoms with Gasteiger partial charge in [-0.15, -0.1) is 0 Å². The van der Waals surface area contributed by atoms with Crippen LogP contribution in [-0.4, -0.2) is 43.9 Å². The van der Waals surface area contributed by atoms with E-state index < -0.39 is 0 Å². The van der Waals surface area contributed by atoms with Gasteiger partial charge in [-0.3, -0.25) is 0 Å². The third kappa shape index (κ3) is 5.93. The number of rotatable bonds is 8. The minimum Gasteiger partial charge on any atom is -0.396 e. The maximum atomic E-state index is 11.9. The molecule has 1 atom stereocenters. The SMILES string of the molecule is CCC(C)(CCO)NC(=O)NCCc1ccc(N(C)C)cc1. The van der Waals surface area contributed by atoms with Crippen LogP contribution in [0.4, 0.5) is 10.5 Å². The molecule has 0 heterocycles. The molecule has 3 N–H and O–H groups in total. The highest BCUT2D eigenvalue weighted by atomic mass is 16.3. The molecule has 0 spiro atoms. The van der Waals surface area contributed by atoms with E-state index in [1.54, 1.807) is 0 Å². The Bertz CT molecular complexity index is 459. The molecular formula is C17H29N3O2. The smallest absolute Gasteiger partial charge is 0.315 e. The highest BCUT2D eigenvalue weighted by Crippen LogP contribution is 2.14. The molecule has 5 nitrogen and oxygen atoms in total. The molecule has 1 aromatic carbocycles. The van der Waals surface area contributed by atoms with Crippen LogP contribution in [0.3, 0.4) is 0 Å². The average Bonchev–Trinajstić information content (AvgIpc) is 2.48. The van der Waals surface area contributed by atoms with Crippen LogP contribution in [0, 0.1) is 0 Å². The normalized spacial score (nSPS) is 13.3. The van der Waals surface area contributed by atoms with Crippen LogP contribution in [-0.2, 0) is 6.42 Å². The Balaban J connectivity index is 2.38. The van der Waals surface area contributed by atoms with Crippen LogP contribution in [0.1, 0.15) is 32.3 Å². The third-order valence-electron chi connectivity index (χ3n) is 4.01. The van der Waals surface area contributed by atoms with E-state index in [0.29, 0.717) is 13.0 Å². The fraction of sp³-hybridized carbons (Fsp3) is 0.588. The lowest BCUT2D eigenvalue weighted by atomic mass is 9.95. The molecule has 1 unspecified atom stereocenters. The second-order valence-electron chi connectivity index (χ2n) is 6.08. The first-order chi connectivity index (χ1) is 10.4. The number of benzene rings is 1. The Kier molecular flexibility index (Phi) is 7.18. The Morgan fingerprint density at radius 1 is 1.27 bits per heavy atom. The standard InChI is InChI=1S/C17H29N3O2/c1-5-17(2,11-13-21)19-16(22)18-12-10-14-6-8-15(9-7-14)20(3)4/h6-9,21H,5,10-13H2,1-4H3,(H2,18,19,22). The molecule has 0 saturated carbocycles. The summed E-state index contributed by atoms with van der Waals surface area (Å²) in [4.78, 5) is 14.0. The first-order valence-electron chi connectivity index (χ1n) is 7.83. The zero-order valence-corrected chi connectivity index (χ0v) is 14.1. The molecule has 0 aliphatic heterocycles. The number of amides is 2. The lowest BCUT2D eigenvalue weighted by Gasteiger charge is -2.29. The summed E-state index contributed by atoms with van der Waals surface area (Å²) < 4.78 is 0. The second-order valence-corrected chi connectivity index (χ2v) is 6.08. The molecule has 0 bridgehead atoms. The van der Waals surface area contributed by atoms with Gasteiger partial charge < -0.3 is 20.6 Å². The van der Waals surface area contributed by atoms with E-state index in [1.165, 1.54) is 5.56 Å². The topological polar surface area (TPSA) is 64.6 Å². The van der Waals surface area contributed by atoms with E-state index in [1.807, 2.05) is 27.9 Å². The number of aliphatic hydroxyl groups excluding tert-OH is 1. The van der Waals surface area contributed by atoms with Crippen molar-refractivity contribution >= 4 is 11.7 Å². The maximum absolute atomic E-state index is 11.9. The van der Waals surface area contributed by atoms with Gasteiger partial charge >= 0.3 is 6.03 Å². The number of hydrogen-bond acceptors (Lipinski definition) is 3. The number of anilines is 1. The maximum Gasteiger partial charge on any atom is 0.315 e. The van der Waals surface area contributed by atoms with Gasteiger partial charge in [0, 0.05) is 38.5 Å². The molecule has 2 amide bonds. The molecular weight excluding hydrogens is 278 g/mol. The first-order valence-corrected chi connectivity index (χ1v) is 7.83. The van der Waals surface area contributed by atoms with Crippen molar-refractivity contribution in [1.29, 1.82) is 0 Å². The molecule has 0 saturated heterocycles. The van der Waals surface area contributed by atoms with Crippen molar-refractivity contribution in [3.63, 3.8) is 0 Å². The van der Waals surface area contributed by atoms with Crippen molar-refractivity contribution in [3.8, 4) is 0 Å². The van der Waals surface area contributed by atoms with Gasteiger partial charge in [0.25, 0.3) is 0 Å². The number of hydrogen-bond donors (Lipinski definition) is 3. The van der Waals surface area contributed by atoms with E-state index in [9.17, 15) is 4.79 Å². The minimum absolute atomic E-state index is 0.0723. The summed E-state index contributed by atoms with van der Waals surface area (Å²) in [5.74, 6) is 0. The summed E-state index contributed by atoms with van der Waals surface area (Å²) in [6.45, 7) is 4.61. The van der Waals surface area contributed by atoms with Gasteiger partial charge in [-0.25, -0.2) is 4.79 Å². The van der Waals surface area contributed by atoms with Gasteiger partial charge in [0.15, 0.2) is 0 Å². The molecule has 0 aromatic heterocycles. The average molecular weight is 307 g/mol. The van der Waals surface area contributed by atoms with E-state index in [4.69, 9.17) is 5.11 Å². The van der Waals surface area contributed by atoms with Gasteiger partial charge in [0.05, 0.1) is 0 Å². The number of carbonyl (C=O) groups is 1. The Morgan fingerprint density at radius 3 is 2.41 bits per heavy atom. The summed E-state index contributed by atoms with van der Waals surface area (Å²) >= 11 is 0. The second kappa shape index (κ2) is 8.63. The summed E-state index contributed by atoms with van der Waals surface area (Å²) in [6, 6.07) is 8.13. The van der Waals surface area contributed by atoms with E-state index in [0.717, 1.165) is 18.5 Å². The molecule has 124 valence electrons. The molecule has 22 heavy (non-hydrogen) atoms. The quantitative estimate of drug-likeness (QED) is 0.689. The Labute approximate surface area is 133 Å². The monoisotopic (exact) mass is 307 g/mol. The van der Waals surface area contributed by atoms with Crippen molar-refractivity contribution in [1.82, 2.24) is 10.6 Å². The summed E-state index contributed by atoms with van der Waals surface area (Å²) in [5.41, 5.74) is 2.00. The summed E-state index contributed by atoms with van der Waals surface area (Å²) in [6.07, 6.45) is 2.14. The largest absolute Gasteiger partial charge is 0.396 e.